The number of allylic oxidation sites excluding steroid dienone is 5. The minimum atomic E-state index is -0.362. The number of ketones is 2. The van der Waals surface area contributed by atoms with E-state index in [4.69, 9.17) is 9.47 Å². The Bertz CT molecular complexity index is 965. The lowest BCUT2D eigenvalue weighted by Gasteiger charge is -2.21. The van der Waals surface area contributed by atoms with E-state index in [1.54, 1.807) is 54.6 Å². The van der Waals surface area contributed by atoms with Crippen LogP contribution in [0.3, 0.4) is 0 Å². The van der Waals surface area contributed by atoms with Crippen molar-refractivity contribution in [2.24, 2.45) is 0 Å². The Hall–Kier alpha value is -3.40. The minimum absolute atomic E-state index is 0.0737. The summed E-state index contributed by atoms with van der Waals surface area (Å²) in [6.45, 7) is 0. The summed E-state index contributed by atoms with van der Waals surface area (Å²) in [5.41, 5.74) is 0.650. The second kappa shape index (κ2) is 6.84. The number of hydrogen-bond acceptors (Lipinski definition) is 4. The summed E-state index contributed by atoms with van der Waals surface area (Å²) in [5.74, 6) is 0.138. The fraction of sp³-hybridized carbons (Fsp3) is 0.0909. The molecule has 2 aliphatic rings. The van der Waals surface area contributed by atoms with E-state index in [2.05, 4.69) is 0 Å². The van der Waals surface area contributed by atoms with Gasteiger partial charge in [0, 0.05) is 11.1 Å². The van der Waals surface area contributed by atoms with E-state index in [0.29, 0.717) is 22.6 Å². The number of para-hydroxylation sites is 1. The lowest BCUT2D eigenvalue weighted by molar-refractivity contribution is 0.0873. The van der Waals surface area contributed by atoms with E-state index in [9.17, 15) is 9.59 Å². The normalized spacial score (nSPS) is 16.2. The van der Waals surface area contributed by atoms with E-state index < -0.39 is 0 Å². The molecule has 0 fully saturated rings. The van der Waals surface area contributed by atoms with Gasteiger partial charge in [0.05, 0.1) is 0 Å². The summed E-state index contributed by atoms with van der Waals surface area (Å²) in [4.78, 5) is 25.9. The number of ether oxygens (including phenoxy) is 2. The molecule has 128 valence electrons. The van der Waals surface area contributed by atoms with Crippen LogP contribution in [0.4, 0.5) is 0 Å². The van der Waals surface area contributed by atoms with E-state index in [0.717, 1.165) is 12.8 Å². The van der Waals surface area contributed by atoms with Crippen LogP contribution in [0, 0.1) is 0 Å². The molecule has 0 radical (unpaired) electrons. The third-order valence-corrected chi connectivity index (χ3v) is 4.18. The predicted octanol–water partition coefficient (Wildman–Crippen LogP) is 4.61. The van der Waals surface area contributed by atoms with E-state index in [1.165, 1.54) is 0 Å². The van der Waals surface area contributed by atoms with Crippen molar-refractivity contribution in [3.8, 4) is 5.75 Å². The highest BCUT2D eigenvalue weighted by Gasteiger charge is 2.36. The monoisotopic (exact) mass is 344 g/mol. The summed E-state index contributed by atoms with van der Waals surface area (Å²) in [6, 6.07) is 15.6. The second-order valence-electron chi connectivity index (χ2n) is 5.97. The van der Waals surface area contributed by atoms with Crippen LogP contribution in [-0.2, 0) is 4.74 Å². The van der Waals surface area contributed by atoms with Gasteiger partial charge >= 0.3 is 0 Å². The fourth-order valence-electron chi connectivity index (χ4n) is 2.90. The van der Waals surface area contributed by atoms with Crippen LogP contribution in [0.15, 0.2) is 90.1 Å². The molecule has 0 atom stereocenters. The highest BCUT2D eigenvalue weighted by atomic mass is 16.5. The maximum absolute atomic E-state index is 13.0. The highest BCUT2D eigenvalue weighted by molar-refractivity contribution is 6.25. The molecule has 0 unspecified atom stereocenters. The largest absolute Gasteiger partial charge is 0.449 e. The Kier molecular flexibility index (Phi) is 4.23. The molecule has 2 aliphatic carbocycles. The molecule has 2 aromatic rings. The van der Waals surface area contributed by atoms with Crippen molar-refractivity contribution in [1.29, 1.82) is 0 Å². The average molecular weight is 344 g/mol. The summed E-state index contributed by atoms with van der Waals surface area (Å²) in [6.07, 6.45) is 7.42. The van der Waals surface area contributed by atoms with Crippen molar-refractivity contribution in [1.82, 2.24) is 0 Å². The molecule has 4 heteroatoms. The molecule has 0 bridgehead atoms. The molecule has 0 N–H and O–H groups in total. The summed E-state index contributed by atoms with van der Waals surface area (Å²) < 4.78 is 11.6. The van der Waals surface area contributed by atoms with Gasteiger partial charge < -0.3 is 9.47 Å². The van der Waals surface area contributed by atoms with Crippen LogP contribution in [0.2, 0.25) is 0 Å². The van der Waals surface area contributed by atoms with Gasteiger partial charge in [0.15, 0.2) is 0 Å². The lowest BCUT2D eigenvalue weighted by atomic mass is 9.92. The first kappa shape index (κ1) is 16.1. The van der Waals surface area contributed by atoms with Gasteiger partial charge in [-0.25, -0.2) is 0 Å². The van der Waals surface area contributed by atoms with Crippen LogP contribution in [0.5, 0.6) is 5.75 Å². The fourth-order valence-corrected chi connectivity index (χ4v) is 2.90. The molecule has 0 heterocycles. The van der Waals surface area contributed by atoms with Gasteiger partial charge in [0.2, 0.25) is 23.1 Å². The van der Waals surface area contributed by atoms with E-state index in [1.807, 2.05) is 18.2 Å². The Morgan fingerprint density at radius 1 is 0.692 bits per heavy atom. The molecule has 26 heavy (non-hydrogen) atoms. The zero-order valence-corrected chi connectivity index (χ0v) is 14.0. The Morgan fingerprint density at radius 3 is 1.92 bits per heavy atom. The van der Waals surface area contributed by atoms with Gasteiger partial charge in [-0.3, -0.25) is 9.59 Å². The summed E-state index contributed by atoms with van der Waals surface area (Å²) >= 11 is 0. The van der Waals surface area contributed by atoms with Crippen LogP contribution in [0.1, 0.15) is 33.6 Å². The molecule has 0 spiro atoms. The molecule has 4 nitrogen and oxygen atoms in total. The van der Waals surface area contributed by atoms with Gasteiger partial charge in [-0.15, -0.1) is 0 Å². The standard InChI is InChI=1S/C22H16O4/c23-19-17-13-7-8-14-18(17)20(24)22(26-16-11-5-2-6-12-16)21(19)25-15-9-3-1-4-10-15/h1,3-5,7-14H,2,6H2. The van der Waals surface area contributed by atoms with Gasteiger partial charge in [0.25, 0.3) is 0 Å². The molecular formula is C22H16O4. The van der Waals surface area contributed by atoms with E-state index in [-0.39, 0.29) is 23.1 Å². The molecule has 0 amide bonds. The maximum atomic E-state index is 13.0. The van der Waals surface area contributed by atoms with Crippen molar-refractivity contribution in [3.05, 3.63) is 101 Å². The zero-order chi connectivity index (χ0) is 17.9. The van der Waals surface area contributed by atoms with Gasteiger partial charge in [0.1, 0.15) is 11.5 Å². The first-order valence-corrected chi connectivity index (χ1v) is 8.44. The smallest absolute Gasteiger partial charge is 0.233 e. The van der Waals surface area contributed by atoms with Gasteiger partial charge in [-0.05, 0) is 37.1 Å². The molecular weight excluding hydrogens is 328 g/mol. The third kappa shape index (κ3) is 2.97. The van der Waals surface area contributed by atoms with Crippen LogP contribution in [-0.4, -0.2) is 11.6 Å². The highest BCUT2D eigenvalue weighted by Crippen LogP contribution is 2.31. The Morgan fingerprint density at radius 2 is 1.31 bits per heavy atom. The number of rotatable bonds is 4. The number of benzene rings is 2. The lowest BCUT2D eigenvalue weighted by Crippen LogP contribution is -2.26. The average Bonchev–Trinajstić information content (AvgIpc) is 2.70. The van der Waals surface area contributed by atoms with Crippen LogP contribution < -0.4 is 4.74 Å². The number of Topliss-reactive ketones (excluding diaryl/α,β-unsaturated/α-hetero) is 2. The quantitative estimate of drug-likeness (QED) is 0.813. The number of hydrogen-bond donors (Lipinski definition) is 0. The second-order valence-corrected chi connectivity index (χ2v) is 5.97. The van der Waals surface area contributed by atoms with Gasteiger partial charge in [-0.2, -0.15) is 0 Å². The first-order valence-electron chi connectivity index (χ1n) is 8.44. The van der Waals surface area contributed by atoms with Gasteiger partial charge in [-0.1, -0.05) is 48.5 Å². The predicted molar refractivity (Wildman–Crippen MR) is 96.7 cm³/mol. The Labute approximate surface area is 151 Å². The molecule has 0 aromatic heterocycles. The summed E-state index contributed by atoms with van der Waals surface area (Å²) in [5, 5.41) is 0. The zero-order valence-electron chi connectivity index (χ0n) is 14.0. The molecule has 0 saturated carbocycles. The number of fused-ring (bicyclic) bond motifs is 1. The maximum Gasteiger partial charge on any atom is 0.233 e. The first-order chi connectivity index (χ1) is 12.7. The van der Waals surface area contributed by atoms with Crippen molar-refractivity contribution in [3.63, 3.8) is 0 Å². The van der Waals surface area contributed by atoms with Crippen LogP contribution >= 0.6 is 0 Å². The molecule has 4 rings (SSSR count). The number of carbonyl (C=O) groups excluding carboxylic acids is 2. The van der Waals surface area contributed by atoms with Crippen molar-refractivity contribution < 1.29 is 19.1 Å². The SMILES string of the molecule is O=C1C(OC2=CCCC=C2)=C(Oc2ccccc2)C(=O)c2ccccc21. The topological polar surface area (TPSA) is 52.6 Å². The summed E-state index contributed by atoms with van der Waals surface area (Å²) in [7, 11) is 0. The van der Waals surface area contributed by atoms with Crippen molar-refractivity contribution >= 4 is 11.6 Å². The third-order valence-electron chi connectivity index (χ3n) is 4.18. The van der Waals surface area contributed by atoms with Crippen molar-refractivity contribution in [2.45, 2.75) is 12.8 Å². The van der Waals surface area contributed by atoms with Crippen LogP contribution in [0.25, 0.3) is 0 Å². The molecule has 0 aliphatic heterocycles. The Balaban J connectivity index is 1.79. The number of carbonyl (C=O) groups is 2. The minimum Gasteiger partial charge on any atom is -0.449 e. The molecule has 0 saturated heterocycles. The van der Waals surface area contributed by atoms with Crippen molar-refractivity contribution in [2.75, 3.05) is 0 Å². The molecule has 2 aromatic carbocycles. The van der Waals surface area contributed by atoms with E-state index >= 15 is 0 Å².